The van der Waals surface area contributed by atoms with Crippen LogP contribution in [0.1, 0.15) is 27.5 Å². The van der Waals surface area contributed by atoms with E-state index in [9.17, 15) is 14.4 Å². The molecule has 32 heavy (non-hydrogen) atoms. The summed E-state index contributed by atoms with van der Waals surface area (Å²) in [7, 11) is 0. The number of carbonyl (C=O) groups is 3. The third-order valence-corrected chi connectivity index (χ3v) is 6.29. The number of nitrogens with zero attached hydrogens (tertiary/aromatic N) is 2. The van der Waals surface area contributed by atoms with Crippen molar-refractivity contribution in [2.75, 3.05) is 18.1 Å². The van der Waals surface area contributed by atoms with Gasteiger partial charge in [-0.2, -0.15) is 0 Å². The molecule has 2 amide bonds. The van der Waals surface area contributed by atoms with E-state index in [4.69, 9.17) is 10.5 Å². The van der Waals surface area contributed by atoms with Crippen LogP contribution in [0.15, 0.2) is 64.9 Å². The summed E-state index contributed by atoms with van der Waals surface area (Å²) in [5.41, 5.74) is 7.20. The van der Waals surface area contributed by atoms with Crippen molar-refractivity contribution in [2.45, 2.75) is 24.0 Å². The summed E-state index contributed by atoms with van der Waals surface area (Å²) in [5.74, 6) is -0.786. The normalized spacial score (nSPS) is 10.5. The minimum Gasteiger partial charge on any atom is -0.452 e. The standard InChI is InChI=1S/C23H23N3O4S2/c1-16-25-18(14-31-16)15-32-20-9-7-17(8-10-20)23(29)30-13-22(28)26(12-11-21(24)27)19-5-3-2-4-6-19/h2-10,14H,11-13,15H2,1H3,(H2,24,27). The first-order chi connectivity index (χ1) is 15.4. The monoisotopic (exact) mass is 469 g/mol. The first kappa shape index (κ1) is 23.5. The fourth-order valence-corrected chi connectivity index (χ4v) is 4.34. The number of primary amides is 1. The number of hydrogen-bond acceptors (Lipinski definition) is 7. The number of carbonyl (C=O) groups excluding carboxylic acids is 3. The predicted molar refractivity (Wildman–Crippen MR) is 126 cm³/mol. The van der Waals surface area contributed by atoms with Crippen LogP contribution >= 0.6 is 23.1 Å². The largest absolute Gasteiger partial charge is 0.452 e. The van der Waals surface area contributed by atoms with Crippen molar-refractivity contribution >= 4 is 46.6 Å². The molecule has 0 aliphatic heterocycles. The molecular weight excluding hydrogens is 446 g/mol. The molecule has 0 saturated heterocycles. The Labute approximate surface area is 194 Å². The number of hydrogen-bond donors (Lipinski definition) is 1. The maximum Gasteiger partial charge on any atom is 0.338 e. The molecule has 166 valence electrons. The van der Waals surface area contributed by atoms with Gasteiger partial charge >= 0.3 is 5.97 Å². The van der Waals surface area contributed by atoms with E-state index in [1.165, 1.54) is 4.90 Å². The number of aryl methyl sites for hydroxylation is 1. The molecule has 0 aliphatic rings. The highest BCUT2D eigenvalue weighted by atomic mass is 32.2. The van der Waals surface area contributed by atoms with Crippen molar-refractivity contribution in [3.8, 4) is 0 Å². The summed E-state index contributed by atoms with van der Waals surface area (Å²) in [6.07, 6.45) is 0.00811. The van der Waals surface area contributed by atoms with Crippen molar-refractivity contribution in [3.05, 3.63) is 76.2 Å². The van der Waals surface area contributed by atoms with Crippen LogP contribution in [-0.4, -0.2) is 35.9 Å². The van der Waals surface area contributed by atoms with Gasteiger partial charge in [0, 0.05) is 34.7 Å². The molecule has 0 saturated carbocycles. The number of ether oxygens (including phenoxy) is 1. The maximum absolute atomic E-state index is 12.7. The van der Waals surface area contributed by atoms with Crippen LogP contribution < -0.4 is 10.6 Å². The van der Waals surface area contributed by atoms with Gasteiger partial charge in [-0.25, -0.2) is 9.78 Å². The molecule has 0 atom stereocenters. The van der Waals surface area contributed by atoms with Crippen LogP contribution in [-0.2, 0) is 20.1 Å². The maximum atomic E-state index is 12.7. The Balaban J connectivity index is 1.54. The molecule has 9 heteroatoms. The zero-order valence-corrected chi connectivity index (χ0v) is 19.2. The van der Waals surface area contributed by atoms with E-state index in [1.54, 1.807) is 59.5 Å². The number of rotatable bonds is 10. The molecule has 0 radical (unpaired) electrons. The molecule has 0 bridgehead atoms. The molecule has 1 aromatic heterocycles. The van der Waals surface area contributed by atoms with Gasteiger partial charge in [0.2, 0.25) is 5.91 Å². The molecule has 2 N–H and O–H groups in total. The van der Waals surface area contributed by atoms with Gasteiger partial charge in [0.05, 0.1) is 16.3 Å². The molecule has 1 heterocycles. The SMILES string of the molecule is Cc1nc(CSc2ccc(C(=O)OCC(=O)N(CCC(N)=O)c3ccccc3)cc2)cs1. The first-order valence-electron chi connectivity index (χ1n) is 9.87. The third kappa shape index (κ3) is 6.93. The molecule has 0 spiro atoms. The number of esters is 1. The highest BCUT2D eigenvalue weighted by Gasteiger charge is 2.19. The van der Waals surface area contributed by atoms with E-state index in [-0.39, 0.29) is 13.0 Å². The fourth-order valence-electron chi connectivity index (χ4n) is 2.84. The zero-order chi connectivity index (χ0) is 22.9. The molecule has 2 aromatic carbocycles. The molecule has 7 nitrogen and oxygen atoms in total. The molecule has 0 aliphatic carbocycles. The highest BCUT2D eigenvalue weighted by Crippen LogP contribution is 2.24. The summed E-state index contributed by atoms with van der Waals surface area (Å²) >= 11 is 3.25. The Morgan fingerprint density at radius 2 is 1.81 bits per heavy atom. The van der Waals surface area contributed by atoms with Gasteiger partial charge in [0.15, 0.2) is 6.61 Å². The lowest BCUT2D eigenvalue weighted by molar-refractivity contribution is -0.121. The number of para-hydroxylation sites is 1. The van der Waals surface area contributed by atoms with Crippen molar-refractivity contribution < 1.29 is 19.1 Å². The number of aromatic nitrogens is 1. The molecule has 0 unspecified atom stereocenters. The van der Waals surface area contributed by atoms with Crippen molar-refractivity contribution in [3.63, 3.8) is 0 Å². The van der Waals surface area contributed by atoms with Gasteiger partial charge in [-0.1, -0.05) is 18.2 Å². The van der Waals surface area contributed by atoms with E-state index < -0.39 is 24.4 Å². The van der Waals surface area contributed by atoms with Gasteiger partial charge in [-0.3, -0.25) is 9.59 Å². The fraction of sp³-hybridized carbons (Fsp3) is 0.217. The van der Waals surface area contributed by atoms with Gasteiger partial charge in [0.25, 0.3) is 5.91 Å². The second kappa shape index (κ2) is 11.4. The van der Waals surface area contributed by atoms with Gasteiger partial charge in [0.1, 0.15) is 0 Å². The van der Waals surface area contributed by atoms with Crippen LogP contribution in [0.3, 0.4) is 0 Å². The Hall–Kier alpha value is -3.17. The third-order valence-electron chi connectivity index (χ3n) is 4.42. The van der Waals surface area contributed by atoms with Gasteiger partial charge in [-0.15, -0.1) is 23.1 Å². The summed E-state index contributed by atoms with van der Waals surface area (Å²) in [6.45, 7) is 1.65. The van der Waals surface area contributed by atoms with E-state index >= 15 is 0 Å². The molecule has 0 fully saturated rings. The van der Waals surface area contributed by atoms with E-state index in [0.717, 1.165) is 21.3 Å². The van der Waals surface area contributed by atoms with Crippen molar-refractivity contribution in [2.24, 2.45) is 5.73 Å². The van der Waals surface area contributed by atoms with Crippen LogP contribution in [0.5, 0.6) is 0 Å². The Morgan fingerprint density at radius 3 is 2.44 bits per heavy atom. The van der Waals surface area contributed by atoms with Crippen LogP contribution in [0.2, 0.25) is 0 Å². The molecule has 3 aromatic rings. The average Bonchev–Trinajstić information content (AvgIpc) is 3.22. The number of nitrogens with two attached hydrogens (primary N) is 1. The zero-order valence-electron chi connectivity index (χ0n) is 17.5. The number of benzene rings is 2. The van der Waals surface area contributed by atoms with Crippen LogP contribution in [0.4, 0.5) is 5.69 Å². The van der Waals surface area contributed by atoms with Gasteiger partial charge < -0.3 is 15.4 Å². The predicted octanol–water partition coefficient (Wildman–Crippen LogP) is 3.81. The van der Waals surface area contributed by atoms with E-state index in [1.807, 2.05) is 30.5 Å². The lowest BCUT2D eigenvalue weighted by Gasteiger charge is -2.22. The van der Waals surface area contributed by atoms with Gasteiger partial charge in [-0.05, 0) is 43.3 Å². The van der Waals surface area contributed by atoms with Crippen LogP contribution in [0.25, 0.3) is 0 Å². The summed E-state index contributed by atoms with van der Waals surface area (Å²) in [4.78, 5) is 43.0. The van der Waals surface area contributed by atoms with Crippen molar-refractivity contribution in [1.29, 1.82) is 0 Å². The molecule has 3 rings (SSSR count). The summed E-state index contributed by atoms with van der Waals surface area (Å²) < 4.78 is 5.21. The lowest BCUT2D eigenvalue weighted by Crippen LogP contribution is -2.37. The Kier molecular flexibility index (Phi) is 8.41. The van der Waals surface area contributed by atoms with E-state index in [2.05, 4.69) is 4.98 Å². The minimum atomic E-state index is -0.590. The Morgan fingerprint density at radius 1 is 1.09 bits per heavy atom. The second-order valence-electron chi connectivity index (χ2n) is 6.84. The summed E-state index contributed by atoms with van der Waals surface area (Å²) in [6, 6.07) is 15.9. The summed E-state index contributed by atoms with van der Waals surface area (Å²) in [5, 5.41) is 3.07. The quantitative estimate of drug-likeness (QED) is 0.358. The topological polar surface area (TPSA) is 103 Å². The van der Waals surface area contributed by atoms with Crippen LogP contribution in [0, 0.1) is 6.92 Å². The number of thiazole rings is 1. The smallest absolute Gasteiger partial charge is 0.338 e. The van der Waals surface area contributed by atoms with Crippen molar-refractivity contribution in [1.82, 2.24) is 4.98 Å². The Bertz CT molecular complexity index is 1070. The number of thioether (sulfide) groups is 1. The molecular formula is C23H23N3O4S2. The first-order valence-corrected chi connectivity index (χ1v) is 11.7. The van der Waals surface area contributed by atoms with E-state index in [0.29, 0.717) is 11.3 Å². The average molecular weight is 470 g/mol. The highest BCUT2D eigenvalue weighted by molar-refractivity contribution is 7.98. The second-order valence-corrected chi connectivity index (χ2v) is 8.96. The number of amides is 2. The lowest BCUT2D eigenvalue weighted by atomic mass is 10.2. The minimum absolute atomic E-state index is 0.00811. The number of anilines is 1.